The summed E-state index contributed by atoms with van der Waals surface area (Å²) >= 11 is 0. The molecule has 3 heteroatoms. The number of nitrogens with zero attached hydrogens (tertiary/aromatic N) is 2. The molecule has 0 aromatic heterocycles. The number of carbonyl (C=O) groups is 1. The lowest BCUT2D eigenvalue weighted by Crippen LogP contribution is -2.62. The summed E-state index contributed by atoms with van der Waals surface area (Å²) in [6.45, 7) is 8.88. The number of amides is 1. The highest BCUT2D eigenvalue weighted by atomic mass is 16.2. The molecular formula is C18H30N2O. The minimum Gasteiger partial charge on any atom is -0.340 e. The maximum Gasteiger partial charge on any atom is 0.228 e. The Morgan fingerprint density at radius 2 is 1.48 bits per heavy atom. The monoisotopic (exact) mass is 290 g/mol. The predicted octanol–water partition coefficient (Wildman–Crippen LogP) is 2.76. The maximum atomic E-state index is 13.4. The van der Waals surface area contributed by atoms with Crippen molar-refractivity contribution >= 4 is 5.91 Å². The van der Waals surface area contributed by atoms with Crippen LogP contribution in [0.3, 0.4) is 0 Å². The van der Waals surface area contributed by atoms with Crippen LogP contribution in [-0.4, -0.2) is 48.9 Å². The summed E-state index contributed by atoms with van der Waals surface area (Å²) in [7, 11) is 2.16. The van der Waals surface area contributed by atoms with E-state index in [4.69, 9.17) is 0 Å². The summed E-state index contributed by atoms with van der Waals surface area (Å²) in [5.74, 6) is 1.32. The molecule has 1 aliphatic heterocycles. The Morgan fingerprint density at radius 1 is 0.905 bits per heavy atom. The quantitative estimate of drug-likeness (QED) is 0.741. The Hall–Kier alpha value is -0.570. The molecule has 4 saturated carbocycles. The van der Waals surface area contributed by atoms with Crippen LogP contribution in [0.15, 0.2) is 0 Å². The zero-order valence-electron chi connectivity index (χ0n) is 14.0. The lowest BCUT2D eigenvalue weighted by molar-refractivity contribution is -0.180. The van der Waals surface area contributed by atoms with Crippen molar-refractivity contribution < 1.29 is 4.79 Å². The van der Waals surface area contributed by atoms with Crippen LogP contribution in [-0.2, 0) is 4.79 Å². The highest BCUT2D eigenvalue weighted by Crippen LogP contribution is 2.69. The van der Waals surface area contributed by atoms with E-state index in [-0.39, 0.29) is 5.41 Å². The van der Waals surface area contributed by atoms with Crippen molar-refractivity contribution in [3.8, 4) is 0 Å². The number of likely N-dealkylation sites (N-methyl/N-ethyl adjacent to an activating group) is 1. The van der Waals surface area contributed by atoms with Crippen LogP contribution in [0.25, 0.3) is 0 Å². The molecule has 3 nitrogen and oxygen atoms in total. The van der Waals surface area contributed by atoms with E-state index in [1.165, 1.54) is 25.7 Å². The number of hydrogen-bond acceptors (Lipinski definition) is 2. The lowest BCUT2D eigenvalue weighted by Gasteiger charge is -2.65. The van der Waals surface area contributed by atoms with Crippen LogP contribution in [0.4, 0.5) is 0 Å². The third kappa shape index (κ3) is 2.15. The fraction of sp³-hybridized carbons (Fsp3) is 0.944. The van der Waals surface area contributed by atoms with Gasteiger partial charge in [0.2, 0.25) is 5.91 Å². The number of piperazine rings is 1. The molecule has 1 amide bonds. The Morgan fingerprint density at radius 3 is 2.00 bits per heavy atom. The summed E-state index contributed by atoms with van der Waals surface area (Å²) in [6.07, 6.45) is 7.62. The molecule has 2 unspecified atom stereocenters. The molecule has 0 aromatic rings. The van der Waals surface area contributed by atoms with Crippen molar-refractivity contribution in [2.45, 2.75) is 52.4 Å². The molecule has 0 N–H and O–H groups in total. The molecule has 0 aromatic carbocycles. The molecular weight excluding hydrogens is 260 g/mol. The first-order chi connectivity index (χ1) is 9.82. The van der Waals surface area contributed by atoms with E-state index < -0.39 is 0 Å². The third-order valence-electron chi connectivity index (χ3n) is 6.87. The van der Waals surface area contributed by atoms with E-state index in [1.807, 2.05) is 0 Å². The Labute approximate surface area is 129 Å². The van der Waals surface area contributed by atoms with Crippen molar-refractivity contribution in [1.29, 1.82) is 0 Å². The van der Waals surface area contributed by atoms with Crippen LogP contribution in [0.2, 0.25) is 0 Å². The van der Waals surface area contributed by atoms with Crippen molar-refractivity contribution in [2.24, 2.45) is 22.2 Å². The molecule has 1 saturated heterocycles. The summed E-state index contributed by atoms with van der Waals surface area (Å²) in [4.78, 5) is 17.9. The summed E-state index contributed by atoms with van der Waals surface area (Å²) in [6, 6.07) is 0. The largest absolute Gasteiger partial charge is 0.340 e. The molecule has 0 spiro atoms. The smallest absolute Gasteiger partial charge is 0.228 e. The number of hydrogen-bond donors (Lipinski definition) is 0. The fourth-order valence-electron chi connectivity index (χ4n) is 7.03. The van der Waals surface area contributed by atoms with E-state index in [1.54, 1.807) is 0 Å². The average molecular weight is 290 g/mol. The van der Waals surface area contributed by atoms with Crippen molar-refractivity contribution in [3.05, 3.63) is 0 Å². The average Bonchev–Trinajstić information content (AvgIpc) is 2.34. The van der Waals surface area contributed by atoms with E-state index in [0.717, 1.165) is 44.9 Å². The van der Waals surface area contributed by atoms with Gasteiger partial charge in [0.05, 0.1) is 5.41 Å². The van der Waals surface area contributed by atoms with Gasteiger partial charge in [-0.15, -0.1) is 0 Å². The maximum absolute atomic E-state index is 13.4. The second-order valence-electron chi connectivity index (χ2n) is 9.51. The highest BCUT2D eigenvalue weighted by molar-refractivity contribution is 5.83. The van der Waals surface area contributed by atoms with Gasteiger partial charge < -0.3 is 9.80 Å². The first-order valence-electron chi connectivity index (χ1n) is 8.80. The molecule has 4 bridgehead atoms. The van der Waals surface area contributed by atoms with Gasteiger partial charge in [0.1, 0.15) is 0 Å². The van der Waals surface area contributed by atoms with Crippen LogP contribution in [0.5, 0.6) is 0 Å². The second kappa shape index (κ2) is 4.24. The van der Waals surface area contributed by atoms with E-state index in [9.17, 15) is 4.79 Å². The standard InChI is InChI=1S/C18H30N2O/c1-16-8-14-9-17(2,11-16)13-18(10-14,12-16)15(21)20-6-4-19(3)5-7-20/h14H,4-13H2,1-3H3/t14?,16-,17+,18?. The van der Waals surface area contributed by atoms with Gasteiger partial charge in [-0.1, -0.05) is 13.8 Å². The highest BCUT2D eigenvalue weighted by Gasteiger charge is 2.63. The minimum atomic E-state index is -0.00116. The van der Waals surface area contributed by atoms with Gasteiger partial charge in [-0.25, -0.2) is 0 Å². The van der Waals surface area contributed by atoms with Crippen LogP contribution < -0.4 is 0 Å². The summed E-state index contributed by atoms with van der Waals surface area (Å²) in [5, 5.41) is 0. The van der Waals surface area contributed by atoms with Gasteiger partial charge in [0.15, 0.2) is 0 Å². The summed E-state index contributed by atoms with van der Waals surface area (Å²) in [5.41, 5.74) is 0.881. The fourth-order valence-corrected chi connectivity index (χ4v) is 7.03. The number of rotatable bonds is 1. The Balaban J connectivity index is 1.60. The molecule has 1 heterocycles. The first kappa shape index (κ1) is 14.0. The number of carbonyl (C=O) groups excluding carboxylic acids is 1. The zero-order chi connectivity index (χ0) is 14.9. The first-order valence-corrected chi connectivity index (χ1v) is 8.80. The van der Waals surface area contributed by atoms with Crippen LogP contribution >= 0.6 is 0 Å². The van der Waals surface area contributed by atoms with Gasteiger partial charge in [0, 0.05) is 26.2 Å². The van der Waals surface area contributed by atoms with Gasteiger partial charge in [-0.3, -0.25) is 4.79 Å². The van der Waals surface area contributed by atoms with E-state index >= 15 is 0 Å². The van der Waals surface area contributed by atoms with Crippen molar-refractivity contribution in [1.82, 2.24) is 9.80 Å². The zero-order valence-corrected chi connectivity index (χ0v) is 14.0. The van der Waals surface area contributed by atoms with Crippen molar-refractivity contribution in [3.63, 3.8) is 0 Å². The lowest BCUT2D eigenvalue weighted by atomic mass is 9.40. The van der Waals surface area contributed by atoms with Crippen LogP contribution in [0, 0.1) is 22.2 Å². The SMILES string of the molecule is CN1CCN(C(=O)C23CC4C[C@@](C)(C2)C[C@](C)(C4)C3)CC1. The van der Waals surface area contributed by atoms with Gasteiger partial charge in [-0.05, 0) is 62.3 Å². The molecule has 5 aliphatic rings. The third-order valence-corrected chi connectivity index (χ3v) is 6.87. The van der Waals surface area contributed by atoms with E-state index in [2.05, 4.69) is 30.7 Å². The molecule has 0 radical (unpaired) electrons. The Kier molecular flexibility index (Phi) is 2.84. The summed E-state index contributed by atoms with van der Waals surface area (Å²) < 4.78 is 0. The molecule has 21 heavy (non-hydrogen) atoms. The molecule has 5 rings (SSSR count). The minimum absolute atomic E-state index is 0.00116. The van der Waals surface area contributed by atoms with Gasteiger partial charge in [-0.2, -0.15) is 0 Å². The molecule has 4 aliphatic carbocycles. The molecule has 5 fully saturated rings. The van der Waals surface area contributed by atoms with Crippen LogP contribution in [0.1, 0.15) is 52.4 Å². The Bertz CT molecular complexity index is 448. The van der Waals surface area contributed by atoms with E-state index in [0.29, 0.717) is 16.7 Å². The molecule has 118 valence electrons. The molecule has 4 atom stereocenters. The van der Waals surface area contributed by atoms with Gasteiger partial charge >= 0.3 is 0 Å². The topological polar surface area (TPSA) is 23.6 Å². The predicted molar refractivity (Wildman–Crippen MR) is 83.9 cm³/mol. The normalized spacial score (nSPS) is 49.7. The van der Waals surface area contributed by atoms with Crippen molar-refractivity contribution in [2.75, 3.05) is 33.2 Å². The van der Waals surface area contributed by atoms with Gasteiger partial charge in [0.25, 0.3) is 0 Å². The second-order valence-corrected chi connectivity index (χ2v) is 9.51.